The highest BCUT2D eigenvalue weighted by Crippen LogP contribution is 2.41. The number of pyridine rings is 1. The van der Waals surface area contributed by atoms with Crippen LogP contribution in [0.15, 0.2) is 18.5 Å². The van der Waals surface area contributed by atoms with Crippen LogP contribution in [0.5, 0.6) is 0 Å². The molecule has 1 aromatic heterocycles. The van der Waals surface area contributed by atoms with Gasteiger partial charge in [0.15, 0.2) is 0 Å². The molecule has 3 nitrogen and oxygen atoms in total. The average molecular weight is 251 g/mol. The van der Waals surface area contributed by atoms with Crippen molar-refractivity contribution < 1.29 is 14.3 Å². The quantitative estimate of drug-likeness (QED) is 0.898. The number of hydrogen-bond acceptors (Lipinski definition) is 2. The first-order valence-corrected chi connectivity index (χ1v) is 6.35. The van der Waals surface area contributed by atoms with Crippen LogP contribution in [0.3, 0.4) is 0 Å². The van der Waals surface area contributed by atoms with Gasteiger partial charge in [-0.3, -0.25) is 9.78 Å². The Morgan fingerprint density at radius 3 is 2.72 bits per heavy atom. The van der Waals surface area contributed by atoms with Gasteiger partial charge in [-0.25, -0.2) is 4.39 Å². The molecule has 1 aliphatic rings. The zero-order valence-corrected chi connectivity index (χ0v) is 10.5. The van der Waals surface area contributed by atoms with Crippen LogP contribution in [0.4, 0.5) is 4.39 Å². The van der Waals surface area contributed by atoms with Crippen LogP contribution in [0, 0.1) is 17.2 Å². The van der Waals surface area contributed by atoms with Crippen LogP contribution in [0.25, 0.3) is 0 Å². The molecule has 0 radical (unpaired) electrons. The van der Waals surface area contributed by atoms with Crippen molar-refractivity contribution >= 4 is 5.97 Å². The molecule has 0 unspecified atom stereocenters. The highest BCUT2D eigenvalue weighted by molar-refractivity contribution is 5.75. The molecule has 1 aromatic rings. The Bertz CT molecular complexity index is 439. The number of aliphatic carboxylic acids is 1. The summed E-state index contributed by atoms with van der Waals surface area (Å²) in [5.74, 6) is -0.584. The monoisotopic (exact) mass is 251 g/mol. The van der Waals surface area contributed by atoms with E-state index in [0.29, 0.717) is 30.7 Å². The molecule has 0 aromatic carbocycles. The second kappa shape index (κ2) is 5.04. The topological polar surface area (TPSA) is 50.2 Å². The molecule has 18 heavy (non-hydrogen) atoms. The van der Waals surface area contributed by atoms with Crippen molar-refractivity contribution in [2.24, 2.45) is 11.3 Å². The van der Waals surface area contributed by atoms with Crippen LogP contribution in [-0.2, 0) is 11.2 Å². The van der Waals surface area contributed by atoms with Gasteiger partial charge in [-0.1, -0.05) is 6.92 Å². The van der Waals surface area contributed by atoms with Crippen LogP contribution in [0.2, 0.25) is 0 Å². The van der Waals surface area contributed by atoms with Crippen molar-refractivity contribution in [2.45, 2.75) is 39.0 Å². The molecule has 1 fully saturated rings. The lowest BCUT2D eigenvalue weighted by molar-refractivity contribution is -0.151. The largest absolute Gasteiger partial charge is 0.481 e. The lowest BCUT2D eigenvalue weighted by Crippen LogP contribution is -2.37. The maximum absolute atomic E-state index is 13.1. The summed E-state index contributed by atoms with van der Waals surface area (Å²) in [7, 11) is 0. The number of aromatic nitrogens is 1. The van der Waals surface area contributed by atoms with Gasteiger partial charge in [0.1, 0.15) is 5.82 Å². The Kier molecular flexibility index (Phi) is 3.64. The minimum atomic E-state index is -0.765. The molecule has 1 aliphatic carbocycles. The number of carboxylic acid groups (broad SMARTS) is 1. The van der Waals surface area contributed by atoms with E-state index in [2.05, 4.69) is 11.9 Å². The molecular weight excluding hydrogens is 233 g/mol. The Hall–Kier alpha value is -1.45. The second-order valence-corrected chi connectivity index (χ2v) is 5.46. The van der Waals surface area contributed by atoms with E-state index < -0.39 is 17.2 Å². The lowest BCUT2D eigenvalue weighted by Gasteiger charge is -2.35. The number of carboxylic acids is 1. The predicted molar refractivity (Wildman–Crippen MR) is 65.6 cm³/mol. The standard InChI is InChI=1S/C14H18FNO2/c1-10-2-4-14(5-3-10,13(17)18)7-11-6-12(15)9-16-8-11/h6,8-10H,2-5,7H2,1H3,(H,17,18). The van der Waals surface area contributed by atoms with Crippen molar-refractivity contribution in [1.82, 2.24) is 4.98 Å². The zero-order valence-electron chi connectivity index (χ0n) is 10.5. The summed E-state index contributed by atoms with van der Waals surface area (Å²) in [6.45, 7) is 2.15. The summed E-state index contributed by atoms with van der Waals surface area (Å²) in [6, 6.07) is 1.38. The fourth-order valence-electron chi connectivity index (χ4n) is 2.72. The fourth-order valence-corrected chi connectivity index (χ4v) is 2.72. The third-order valence-corrected chi connectivity index (χ3v) is 3.99. The summed E-state index contributed by atoms with van der Waals surface area (Å²) in [5, 5.41) is 9.49. The van der Waals surface area contributed by atoms with E-state index in [9.17, 15) is 14.3 Å². The van der Waals surface area contributed by atoms with E-state index >= 15 is 0 Å². The molecule has 98 valence electrons. The SMILES string of the molecule is CC1CCC(Cc2cncc(F)c2)(C(=O)O)CC1. The molecule has 0 spiro atoms. The number of carbonyl (C=O) groups is 1. The molecule has 1 heterocycles. The van der Waals surface area contributed by atoms with E-state index in [-0.39, 0.29) is 0 Å². The Balaban J connectivity index is 2.19. The summed E-state index contributed by atoms with van der Waals surface area (Å²) < 4.78 is 13.1. The molecular formula is C14H18FNO2. The first-order chi connectivity index (χ1) is 8.52. The highest BCUT2D eigenvalue weighted by atomic mass is 19.1. The van der Waals surface area contributed by atoms with Crippen molar-refractivity contribution in [3.63, 3.8) is 0 Å². The minimum absolute atomic E-state index is 0.375. The molecule has 0 aliphatic heterocycles. The number of halogens is 1. The highest BCUT2D eigenvalue weighted by Gasteiger charge is 2.41. The van der Waals surface area contributed by atoms with E-state index in [1.165, 1.54) is 6.07 Å². The second-order valence-electron chi connectivity index (χ2n) is 5.46. The van der Waals surface area contributed by atoms with E-state index in [0.717, 1.165) is 19.0 Å². The number of rotatable bonds is 3. The van der Waals surface area contributed by atoms with Crippen LogP contribution < -0.4 is 0 Å². The van der Waals surface area contributed by atoms with Gasteiger partial charge in [-0.2, -0.15) is 0 Å². The summed E-state index contributed by atoms with van der Waals surface area (Å²) in [4.78, 5) is 15.3. The van der Waals surface area contributed by atoms with Gasteiger partial charge in [0.05, 0.1) is 11.6 Å². The van der Waals surface area contributed by atoms with Crippen molar-refractivity contribution in [3.8, 4) is 0 Å². The Morgan fingerprint density at radius 1 is 1.50 bits per heavy atom. The summed E-state index contributed by atoms with van der Waals surface area (Å²) in [5.41, 5.74) is -0.0610. The van der Waals surface area contributed by atoms with Gasteiger partial charge in [0, 0.05) is 6.20 Å². The van der Waals surface area contributed by atoms with E-state index in [1.807, 2.05) is 0 Å². The zero-order chi connectivity index (χ0) is 13.2. The molecule has 4 heteroatoms. The smallest absolute Gasteiger partial charge is 0.309 e. The number of nitrogens with zero attached hydrogens (tertiary/aromatic N) is 1. The maximum atomic E-state index is 13.1. The fraction of sp³-hybridized carbons (Fsp3) is 0.571. The van der Waals surface area contributed by atoms with E-state index in [4.69, 9.17) is 0 Å². The maximum Gasteiger partial charge on any atom is 0.309 e. The lowest BCUT2D eigenvalue weighted by atomic mass is 9.68. The van der Waals surface area contributed by atoms with Gasteiger partial charge in [0.2, 0.25) is 0 Å². The normalized spacial score (nSPS) is 28.0. The van der Waals surface area contributed by atoms with Gasteiger partial charge >= 0.3 is 5.97 Å². The molecule has 0 saturated heterocycles. The van der Waals surface area contributed by atoms with Crippen LogP contribution in [0.1, 0.15) is 38.2 Å². The van der Waals surface area contributed by atoms with Gasteiger partial charge in [-0.05, 0) is 49.7 Å². The molecule has 2 rings (SSSR count). The average Bonchev–Trinajstić information content (AvgIpc) is 2.32. The minimum Gasteiger partial charge on any atom is -0.481 e. The third kappa shape index (κ3) is 2.68. The molecule has 0 atom stereocenters. The van der Waals surface area contributed by atoms with E-state index in [1.54, 1.807) is 6.20 Å². The number of hydrogen-bond donors (Lipinski definition) is 1. The Labute approximate surface area is 106 Å². The Morgan fingerprint density at radius 2 is 2.17 bits per heavy atom. The van der Waals surface area contributed by atoms with Crippen LogP contribution >= 0.6 is 0 Å². The van der Waals surface area contributed by atoms with Crippen molar-refractivity contribution in [3.05, 3.63) is 29.8 Å². The third-order valence-electron chi connectivity index (χ3n) is 3.99. The van der Waals surface area contributed by atoms with Crippen molar-refractivity contribution in [1.29, 1.82) is 0 Å². The van der Waals surface area contributed by atoms with Crippen molar-refractivity contribution in [2.75, 3.05) is 0 Å². The van der Waals surface area contributed by atoms with Crippen LogP contribution in [-0.4, -0.2) is 16.1 Å². The van der Waals surface area contributed by atoms with Gasteiger partial charge < -0.3 is 5.11 Å². The first-order valence-electron chi connectivity index (χ1n) is 6.35. The van der Waals surface area contributed by atoms with Gasteiger partial charge in [0.25, 0.3) is 0 Å². The summed E-state index contributed by atoms with van der Waals surface area (Å²) in [6.07, 6.45) is 6.26. The first kappa shape index (κ1) is 13.0. The molecule has 1 saturated carbocycles. The summed E-state index contributed by atoms with van der Waals surface area (Å²) >= 11 is 0. The van der Waals surface area contributed by atoms with Gasteiger partial charge in [-0.15, -0.1) is 0 Å². The molecule has 1 N–H and O–H groups in total. The predicted octanol–water partition coefficient (Wildman–Crippen LogP) is 3.04. The molecule has 0 amide bonds. The molecule has 0 bridgehead atoms.